The Kier molecular flexibility index (Phi) is 6.63. The van der Waals surface area contributed by atoms with Crippen LogP contribution in [0.4, 0.5) is 5.69 Å². The lowest BCUT2D eigenvalue weighted by Crippen LogP contribution is -2.48. The van der Waals surface area contributed by atoms with E-state index in [-0.39, 0.29) is 18.4 Å². The minimum Gasteiger partial charge on any atom is -0.465 e. The fraction of sp³-hybridized carbons (Fsp3) is 0.458. The van der Waals surface area contributed by atoms with E-state index in [1.807, 2.05) is 48.8 Å². The topological polar surface area (TPSA) is 83.6 Å². The number of ketones is 1. The van der Waals surface area contributed by atoms with Crippen molar-refractivity contribution in [3.63, 3.8) is 0 Å². The van der Waals surface area contributed by atoms with E-state index in [9.17, 15) is 9.59 Å². The van der Waals surface area contributed by atoms with Crippen LogP contribution in [0.5, 0.6) is 0 Å². The molecule has 0 aliphatic carbocycles. The number of ether oxygens (including phenoxy) is 1. The number of nitrogens with one attached hydrogen (secondary N) is 2. The second kappa shape index (κ2) is 9.58. The van der Waals surface area contributed by atoms with E-state index < -0.39 is 11.4 Å². The van der Waals surface area contributed by atoms with Gasteiger partial charge in [-0.25, -0.2) is 0 Å². The van der Waals surface area contributed by atoms with Crippen molar-refractivity contribution < 1.29 is 14.3 Å². The van der Waals surface area contributed by atoms with Crippen molar-refractivity contribution in [1.29, 1.82) is 0 Å². The lowest BCUT2D eigenvalue weighted by Gasteiger charge is -2.38. The maximum Gasteiger partial charge on any atom is 0.320 e. The van der Waals surface area contributed by atoms with E-state index in [4.69, 9.17) is 4.74 Å². The predicted molar refractivity (Wildman–Crippen MR) is 119 cm³/mol. The second-order valence-electron chi connectivity index (χ2n) is 8.12. The molecule has 2 aromatic rings. The summed E-state index contributed by atoms with van der Waals surface area (Å²) in [4.78, 5) is 32.7. The Balaban J connectivity index is 1.58. The SMILES string of the molecule is CCOC(=O)C1(C(=O)c2ccc(N3CCNCC3c3ccncc3)cc2)CCNCC1. The number of carbonyl (C=O) groups excluding carboxylic acids is 2. The van der Waals surface area contributed by atoms with Crippen molar-refractivity contribution in [2.75, 3.05) is 44.2 Å². The van der Waals surface area contributed by atoms with Crippen LogP contribution >= 0.6 is 0 Å². The molecule has 2 saturated heterocycles. The number of esters is 1. The Morgan fingerprint density at radius 3 is 2.45 bits per heavy atom. The molecule has 0 spiro atoms. The third kappa shape index (κ3) is 4.34. The van der Waals surface area contributed by atoms with Gasteiger partial charge in [0, 0.05) is 43.3 Å². The van der Waals surface area contributed by atoms with Gasteiger partial charge in [0.1, 0.15) is 5.41 Å². The average molecular weight is 423 g/mol. The summed E-state index contributed by atoms with van der Waals surface area (Å²) in [6.45, 7) is 5.95. The summed E-state index contributed by atoms with van der Waals surface area (Å²) in [7, 11) is 0. The van der Waals surface area contributed by atoms with E-state index in [0.717, 1.165) is 25.3 Å². The van der Waals surface area contributed by atoms with Gasteiger partial charge in [0.2, 0.25) is 0 Å². The first-order valence-corrected chi connectivity index (χ1v) is 11.1. The number of piperazine rings is 1. The number of aromatic nitrogens is 1. The number of Topliss-reactive ketones (excluding diaryl/α,β-unsaturated/α-hetero) is 1. The van der Waals surface area contributed by atoms with E-state index >= 15 is 0 Å². The van der Waals surface area contributed by atoms with Crippen molar-refractivity contribution in [3.8, 4) is 0 Å². The molecule has 4 rings (SSSR count). The Bertz CT molecular complexity index is 895. The molecule has 3 heterocycles. The van der Waals surface area contributed by atoms with E-state index in [1.54, 1.807) is 6.92 Å². The van der Waals surface area contributed by atoms with Crippen LogP contribution in [0.1, 0.15) is 41.7 Å². The van der Waals surface area contributed by atoms with Crippen LogP contribution in [-0.4, -0.2) is 56.1 Å². The quantitative estimate of drug-likeness (QED) is 0.420. The van der Waals surface area contributed by atoms with Gasteiger partial charge in [-0.05, 0) is 74.8 Å². The number of pyridine rings is 1. The van der Waals surface area contributed by atoms with Gasteiger partial charge in [0.25, 0.3) is 0 Å². The van der Waals surface area contributed by atoms with Crippen LogP contribution < -0.4 is 15.5 Å². The molecule has 1 atom stereocenters. The molecule has 2 aliphatic rings. The smallest absolute Gasteiger partial charge is 0.320 e. The molecule has 7 heteroatoms. The number of anilines is 1. The highest BCUT2D eigenvalue weighted by atomic mass is 16.5. The summed E-state index contributed by atoms with van der Waals surface area (Å²) >= 11 is 0. The van der Waals surface area contributed by atoms with Crippen molar-refractivity contribution in [3.05, 3.63) is 59.9 Å². The highest BCUT2D eigenvalue weighted by Gasteiger charge is 2.48. The molecule has 2 fully saturated rings. The molecule has 1 unspecified atom stereocenters. The first kappa shape index (κ1) is 21.5. The van der Waals surface area contributed by atoms with Gasteiger partial charge in [0.05, 0.1) is 12.6 Å². The standard InChI is InChI=1S/C24H30N4O3/c1-2-31-23(30)24(9-13-26-14-10-24)22(29)19-3-5-20(6-4-19)28-16-15-27-17-21(28)18-7-11-25-12-8-18/h3-8,11-12,21,26-27H,2,9-10,13-17H2,1H3. The Morgan fingerprint density at radius 1 is 1.06 bits per heavy atom. The summed E-state index contributed by atoms with van der Waals surface area (Å²) in [5.41, 5.74) is 1.75. The monoisotopic (exact) mass is 422 g/mol. The van der Waals surface area contributed by atoms with Crippen LogP contribution in [0.2, 0.25) is 0 Å². The van der Waals surface area contributed by atoms with Crippen LogP contribution in [0.25, 0.3) is 0 Å². The summed E-state index contributed by atoms with van der Waals surface area (Å²) in [6, 6.07) is 12.0. The van der Waals surface area contributed by atoms with E-state index in [2.05, 4.69) is 20.5 Å². The number of hydrogen-bond donors (Lipinski definition) is 2. The van der Waals surface area contributed by atoms with Crippen molar-refractivity contribution in [2.24, 2.45) is 5.41 Å². The first-order chi connectivity index (χ1) is 15.2. The molecule has 7 nitrogen and oxygen atoms in total. The fourth-order valence-electron chi connectivity index (χ4n) is 4.62. The molecular formula is C24H30N4O3. The minimum absolute atomic E-state index is 0.134. The molecule has 0 saturated carbocycles. The van der Waals surface area contributed by atoms with Gasteiger partial charge < -0.3 is 20.3 Å². The van der Waals surface area contributed by atoms with Gasteiger partial charge >= 0.3 is 5.97 Å². The predicted octanol–water partition coefficient (Wildman–Crippen LogP) is 2.35. The van der Waals surface area contributed by atoms with Crippen molar-refractivity contribution >= 4 is 17.4 Å². The minimum atomic E-state index is -1.09. The van der Waals surface area contributed by atoms with Crippen LogP contribution in [-0.2, 0) is 9.53 Å². The highest BCUT2D eigenvalue weighted by molar-refractivity contribution is 6.12. The van der Waals surface area contributed by atoms with Gasteiger partial charge in [-0.3, -0.25) is 14.6 Å². The molecule has 0 bridgehead atoms. The number of piperidine rings is 1. The Labute approximate surface area is 183 Å². The van der Waals surface area contributed by atoms with Crippen molar-refractivity contribution in [2.45, 2.75) is 25.8 Å². The molecule has 0 radical (unpaired) electrons. The zero-order chi connectivity index (χ0) is 21.7. The lowest BCUT2D eigenvalue weighted by atomic mass is 9.73. The van der Waals surface area contributed by atoms with Gasteiger partial charge in [-0.15, -0.1) is 0 Å². The number of hydrogen-bond acceptors (Lipinski definition) is 7. The zero-order valence-corrected chi connectivity index (χ0v) is 18.0. The van der Waals surface area contributed by atoms with Gasteiger partial charge in [0.15, 0.2) is 5.78 Å². The molecule has 164 valence electrons. The largest absolute Gasteiger partial charge is 0.465 e. The molecule has 2 aliphatic heterocycles. The summed E-state index contributed by atoms with van der Waals surface area (Å²) in [5, 5.41) is 6.70. The number of nitrogens with zero attached hydrogens (tertiary/aromatic N) is 2. The maximum absolute atomic E-state index is 13.5. The van der Waals surface area contributed by atoms with Crippen LogP contribution in [0.3, 0.4) is 0 Å². The zero-order valence-electron chi connectivity index (χ0n) is 18.0. The van der Waals surface area contributed by atoms with Crippen LogP contribution in [0, 0.1) is 5.41 Å². The Morgan fingerprint density at radius 2 is 1.77 bits per heavy atom. The number of carbonyl (C=O) groups is 2. The summed E-state index contributed by atoms with van der Waals surface area (Å²) < 4.78 is 5.30. The average Bonchev–Trinajstić information content (AvgIpc) is 2.85. The van der Waals surface area contributed by atoms with Gasteiger partial charge in [-0.1, -0.05) is 0 Å². The molecular weight excluding hydrogens is 392 g/mol. The Hall–Kier alpha value is -2.77. The molecule has 31 heavy (non-hydrogen) atoms. The highest BCUT2D eigenvalue weighted by Crippen LogP contribution is 2.36. The number of benzene rings is 1. The molecule has 1 aromatic carbocycles. The summed E-state index contributed by atoms with van der Waals surface area (Å²) in [6.07, 6.45) is 4.57. The maximum atomic E-state index is 13.5. The molecule has 1 aromatic heterocycles. The second-order valence-corrected chi connectivity index (χ2v) is 8.12. The normalized spacial score (nSPS) is 20.8. The number of rotatable bonds is 6. The molecule has 2 N–H and O–H groups in total. The fourth-order valence-corrected chi connectivity index (χ4v) is 4.62. The first-order valence-electron chi connectivity index (χ1n) is 11.1. The van der Waals surface area contributed by atoms with E-state index in [1.165, 1.54) is 5.56 Å². The lowest BCUT2D eigenvalue weighted by molar-refractivity contribution is -0.153. The van der Waals surface area contributed by atoms with E-state index in [0.29, 0.717) is 31.5 Å². The van der Waals surface area contributed by atoms with Crippen LogP contribution in [0.15, 0.2) is 48.8 Å². The third-order valence-electron chi connectivity index (χ3n) is 6.35. The third-order valence-corrected chi connectivity index (χ3v) is 6.35. The molecule has 0 amide bonds. The summed E-state index contributed by atoms with van der Waals surface area (Å²) in [5.74, 6) is -0.532. The van der Waals surface area contributed by atoms with Crippen molar-refractivity contribution in [1.82, 2.24) is 15.6 Å². The van der Waals surface area contributed by atoms with Gasteiger partial charge in [-0.2, -0.15) is 0 Å².